The lowest BCUT2D eigenvalue weighted by Crippen LogP contribution is -2.52. The first kappa shape index (κ1) is 29.5. The van der Waals surface area contributed by atoms with Crippen LogP contribution in [0, 0.1) is 24.8 Å². The molecule has 0 aromatic heterocycles. The Hall–Kier alpha value is -4.76. The van der Waals surface area contributed by atoms with Gasteiger partial charge in [0.25, 0.3) is 5.91 Å². The zero-order valence-electron chi connectivity index (χ0n) is 21.8. The second kappa shape index (κ2) is 13.5. The third-order valence-electron chi connectivity index (χ3n) is 5.20. The zero-order valence-corrected chi connectivity index (χ0v) is 21.8. The lowest BCUT2D eigenvalue weighted by atomic mass is 9.97. The van der Waals surface area contributed by atoms with Gasteiger partial charge < -0.3 is 20.1 Å². The highest BCUT2D eigenvalue weighted by Gasteiger charge is 2.37. The summed E-state index contributed by atoms with van der Waals surface area (Å²) in [6, 6.07) is 15.1. The first-order valence-corrected chi connectivity index (χ1v) is 11.7. The Kier molecular flexibility index (Phi) is 10.5. The topological polar surface area (TPSA) is 114 Å². The molecule has 0 radical (unpaired) electrons. The Bertz CT molecular complexity index is 1240. The highest BCUT2D eigenvalue weighted by Crippen LogP contribution is 2.25. The van der Waals surface area contributed by atoms with Gasteiger partial charge >= 0.3 is 12.1 Å². The van der Waals surface area contributed by atoms with E-state index in [1.54, 1.807) is 69.3 Å². The number of esters is 1. The van der Waals surface area contributed by atoms with E-state index in [1.165, 1.54) is 7.11 Å². The first-order chi connectivity index (χ1) is 18.0. The molecule has 0 saturated carbocycles. The number of alkyl carbamates (subject to hydrolysis) is 1. The van der Waals surface area contributed by atoms with Crippen molar-refractivity contribution in [2.45, 2.75) is 44.9 Å². The fraction of sp³-hybridized carbons (Fsp3) is 0.310. The fourth-order valence-electron chi connectivity index (χ4n) is 3.53. The average Bonchev–Trinajstić information content (AvgIpc) is 2.88. The summed E-state index contributed by atoms with van der Waals surface area (Å²) >= 11 is 0. The van der Waals surface area contributed by atoms with Crippen LogP contribution in [0.3, 0.4) is 0 Å². The normalized spacial score (nSPS) is 12.1. The van der Waals surface area contributed by atoms with Crippen LogP contribution >= 0.6 is 0 Å². The first-order valence-electron chi connectivity index (χ1n) is 11.7. The van der Waals surface area contributed by atoms with Crippen molar-refractivity contribution < 1.29 is 28.7 Å². The van der Waals surface area contributed by atoms with Gasteiger partial charge in [0.15, 0.2) is 0 Å². The third kappa shape index (κ3) is 8.42. The summed E-state index contributed by atoms with van der Waals surface area (Å²) in [5, 5.41) is 5.01. The smallest absolute Gasteiger partial charge is 0.408 e. The van der Waals surface area contributed by atoms with E-state index in [0.29, 0.717) is 5.56 Å². The highest BCUT2D eigenvalue weighted by molar-refractivity contribution is 5.94. The molecule has 2 N–H and O–H groups in total. The van der Waals surface area contributed by atoms with Gasteiger partial charge in [0.1, 0.15) is 24.2 Å². The maximum atomic E-state index is 13.9. The van der Waals surface area contributed by atoms with Crippen LogP contribution in [-0.4, -0.2) is 54.1 Å². The number of benzene rings is 2. The lowest BCUT2D eigenvalue weighted by molar-refractivity contribution is -0.142. The van der Waals surface area contributed by atoms with Crippen molar-refractivity contribution in [3.8, 4) is 24.8 Å². The molecule has 0 aliphatic heterocycles. The molecule has 2 atom stereocenters. The van der Waals surface area contributed by atoms with Crippen LogP contribution < -0.4 is 10.6 Å². The molecule has 2 aromatic rings. The number of methoxy groups -OCH3 is 1. The molecular weight excluding hydrogens is 486 g/mol. The molecule has 0 fully saturated rings. The van der Waals surface area contributed by atoms with Crippen molar-refractivity contribution >= 4 is 23.9 Å². The van der Waals surface area contributed by atoms with E-state index in [9.17, 15) is 19.2 Å². The minimum Gasteiger partial charge on any atom is -0.468 e. The number of carbonyl (C=O) groups excluding carboxylic acids is 4. The van der Waals surface area contributed by atoms with Gasteiger partial charge in [-0.05, 0) is 32.4 Å². The van der Waals surface area contributed by atoms with Crippen molar-refractivity contribution in [3.63, 3.8) is 0 Å². The summed E-state index contributed by atoms with van der Waals surface area (Å²) in [5.41, 5.74) is 0.491. The van der Waals surface area contributed by atoms with E-state index in [4.69, 9.17) is 17.6 Å². The predicted octanol–water partition coefficient (Wildman–Crippen LogP) is 2.55. The van der Waals surface area contributed by atoms with E-state index in [2.05, 4.69) is 27.3 Å². The van der Waals surface area contributed by atoms with Crippen LogP contribution in [-0.2, 0) is 30.3 Å². The van der Waals surface area contributed by atoms with Crippen LogP contribution in [0.1, 0.15) is 43.5 Å². The summed E-state index contributed by atoms with van der Waals surface area (Å²) < 4.78 is 9.93. The summed E-state index contributed by atoms with van der Waals surface area (Å²) in [4.78, 5) is 52.4. The molecule has 0 aliphatic carbocycles. The van der Waals surface area contributed by atoms with Gasteiger partial charge in [0.2, 0.25) is 5.91 Å². The van der Waals surface area contributed by atoms with Crippen LogP contribution in [0.2, 0.25) is 0 Å². The molecule has 2 aromatic carbocycles. The lowest BCUT2D eigenvalue weighted by Gasteiger charge is -2.31. The number of hydrogen-bond donors (Lipinski definition) is 2. The summed E-state index contributed by atoms with van der Waals surface area (Å²) in [6.45, 7) is 4.60. The van der Waals surface area contributed by atoms with Crippen LogP contribution in [0.25, 0.3) is 0 Å². The number of amides is 3. The Balaban J connectivity index is 2.52. The molecule has 0 saturated heterocycles. The van der Waals surface area contributed by atoms with Crippen molar-refractivity contribution in [3.05, 3.63) is 71.3 Å². The largest absolute Gasteiger partial charge is 0.468 e. The van der Waals surface area contributed by atoms with E-state index >= 15 is 0 Å². The number of hydrogen-bond acceptors (Lipinski definition) is 6. The Labute approximate surface area is 222 Å². The number of nitrogens with zero attached hydrogens (tertiary/aromatic N) is 1. The van der Waals surface area contributed by atoms with Crippen LogP contribution in [0.15, 0.2) is 54.6 Å². The molecule has 2 rings (SSSR count). The van der Waals surface area contributed by atoms with Crippen molar-refractivity contribution in [1.29, 1.82) is 0 Å². The van der Waals surface area contributed by atoms with Gasteiger partial charge in [-0.3, -0.25) is 19.3 Å². The number of rotatable bonds is 9. The summed E-state index contributed by atoms with van der Waals surface area (Å²) in [6.07, 6.45) is 10.7. The van der Waals surface area contributed by atoms with Gasteiger partial charge in [-0.2, -0.15) is 0 Å². The zero-order chi connectivity index (χ0) is 28.3. The van der Waals surface area contributed by atoms with Gasteiger partial charge in [-0.15, -0.1) is 6.42 Å². The Morgan fingerprint density at radius 3 is 2.21 bits per heavy atom. The van der Waals surface area contributed by atoms with Gasteiger partial charge in [-0.1, -0.05) is 60.9 Å². The van der Waals surface area contributed by atoms with E-state index in [1.807, 2.05) is 6.07 Å². The predicted molar refractivity (Wildman–Crippen MR) is 141 cm³/mol. The summed E-state index contributed by atoms with van der Waals surface area (Å²) in [5.74, 6) is 0.263. The maximum Gasteiger partial charge on any atom is 0.408 e. The molecule has 198 valence electrons. The van der Waals surface area contributed by atoms with E-state index < -0.39 is 48.1 Å². The second-order valence-corrected chi connectivity index (χ2v) is 9.15. The Morgan fingerprint density at radius 1 is 1.00 bits per heavy atom. The number of carbonyl (C=O) groups is 4. The monoisotopic (exact) mass is 517 g/mol. The van der Waals surface area contributed by atoms with Crippen LogP contribution in [0.5, 0.6) is 0 Å². The van der Waals surface area contributed by atoms with Crippen LogP contribution in [0.4, 0.5) is 4.79 Å². The van der Waals surface area contributed by atoms with E-state index in [-0.39, 0.29) is 12.0 Å². The molecule has 0 spiro atoms. The number of nitrogens with one attached hydrogen (secondary N) is 2. The highest BCUT2D eigenvalue weighted by atomic mass is 16.6. The molecule has 9 nitrogen and oxygen atoms in total. The number of terminal acetylenes is 2. The Morgan fingerprint density at radius 2 is 1.63 bits per heavy atom. The molecule has 0 heterocycles. The van der Waals surface area contributed by atoms with E-state index in [0.717, 1.165) is 10.5 Å². The van der Waals surface area contributed by atoms with Gasteiger partial charge in [0, 0.05) is 23.6 Å². The van der Waals surface area contributed by atoms with Gasteiger partial charge in [-0.25, -0.2) is 4.79 Å². The van der Waals surface area contributed by atoms with Crippen molar-refractivity contribution in [2.24, 2.45) is 0 Å². The summed E-state index contributed by atoms with van der Waals surface area (Å²) in [7, 11) is 1.17. The van der Waals surface area contributed by atoms with Crippen molar-refractivity contribution in [2.75, 3.05) is 13.7 Å². The molecule has 9 heteroatoms. The minimum atomic E-state index is -1.41. The SMILES string of the molecule is C#Cc1ccccc1C(C(=O)NCC(=O)OC)N(C#C)C(=O)C(Cc1ccccc1)NC(=O)OC(C)(C)C. The van der Waals surface area contributed by atoms with Gasteiger partial charge in [0.05, 0.1) is 7.11 Å². The van der Waals surface area contributed by atoms with Crippen molar-refractivity contribution in [1.82, 2.24) is 15.5 Å². The quantitative estimate of drug-likeness (QED) is 0.300. The standard InChI is InChI=1S/C29H31N3O6/c1-7-21-16-12-13-17-22(21)25(26(34)30-19-24(33)37-6)32(8-2)27(35)23(18-20-14-10-9-11-15-20)31-28(36)38-29(3,4)5/h1-2,9-17,23,25H,18-19H2,3-6H3,(H,30,34)(H,31,36). The maximum absolute atomic E-state index is 13.9. The molecule has 0 aliphatic rings. The molecule has 0 bridgehead atoms. The molecular formula is C29H31N3O6. The second-order valence-electron chi connectivity index (χ2n) is 9.15. The average molecular weight is 518 g/mol. The molecule has 2 unspecified atom stereocenters. The number of ether oxygens (including phenoxy) is 2. The molecule has 3 amide bonds. The molecule has 38 heavy (non-hydrogen) atoms. The fourth-order valence-corrected chi connectivity index (χ4v) is 3.53. The third-order valence-corrected chi connectivity index (χ3v) is 5.20. The minimum absolute atomic E-state index is 0.0599.